The summed E-state index contributed by atoms with van der Waals surface area (Å²) in [5, 5.41) is 0. The molecule has 2 rings (SSSR count). The molecule has 0 bridgehead atoms. The Balaban J connectivity index is 1.78. The largest absolute Gasteiger partial charge is 0.457 e. The third kappa shape index (κ3) is 7.37. The minimum Gasteiger partial charge on any atom is -0.457 e. The molecule has 2 aromatic rings. The third-order valence-electron chi connectivity index (χ3n) is 3.34. The molecule has 0 fully saturated rings. The molecule has 0 saturated carbocycles. The standard InChI is InChI=1S/C17H20O5P2/c18-23(14-24(19,20)21)12-5-4-7-15-8-6-11-17(13-15)22-16-9-2-1-3-10-16/h1-3,6,8-11,13H,4-5,7,12,14H2,(H-,19,20,21)/p+1. The fraction of sp³-hybridized carbons (Fsp3) is 0.294. The van der Waals surface area contributed by atoms with E-state index in [0.717, 1.165) is 29.9 Å². The van der Waals surface area contributed by atoms with Crippen molar-refractivity contribution in [1.29, 1.82) is 0 Å². The molecule has 7 heteroatoms. The smallest absolute Gasteiger partial charge is 0.373 e. The summed E-state index contributed by atoms with van der Waals surface area (Å²) < 4.78 is 28.1. The number of benzene rings is 2. The lowest BCUT2D eigenvalue weighted by atomic mass is 10.1. The number of hydrogen-bond acceptors (Lipinski definition) is 3. The lowest BCUT2D eigenvalue weighted by Gasteiger charge is -2.07. The van der Waals surface area contributed by atoms with Gasteiger partial charge in [0, 0.05) is 0 Å². The van der Waals surface area contributed by atoms with Crippen LogP contribution in [-0.4, -0.2) is 21.9 Å². The molecule has 24 heavy (non-hydrogen) atoms. The van der Waals surface area contributed by atoms with Crippen LogP contribution in [-0.2, 0) is 15.6 Å². The van der Waals surface area contributed by atoms with Gasteiger partial charge in [0.05, 0.1) is 0 Å². The van der Waals surface area contributed by atoms with Gasteiger partial charge in [-0.25, -0.2) is 0 Å². The molecular weight excluding hydrogens is 346 g/mol. The number of rotatable bonds is 9. The Morgan fingerprint density at radius 1 is 0.958 bits per heavy atom. The minimum absolute atomic E-state index is 0.348. The maximum Gasteiger partial charge on any atom is 0.373 e. The van der Waals surface area contributed by atoms with E-state index in [1.165, 1.54) is 0 Å². The Kier molecular flexibility index (Phi) is 7.14. The van der Waals surface area contributed by atoms with Gasteiger partial charge in [-0.3, -0.25) is 4.57 Å². The summed E-state index contributed by atoms with van der Waals surface area (Å²) in [5.41, 5.74) is 1.12. The summed E-state index contributed by atoms with van der Waals surface area (Å²) in [7, 11) is -6.00. The highest BCUT2D eigenvalue weighted by atomic mass is 31.2. The Hall–Kier alpha value is -1.51. The van der Waals surface area contributed by atoms with E-state index in [0.29, 0.717) is 12.6 Å². The van der Waals surface area contributed by atoms with Gasteiger partial charge in [0.2, 0.25) is 5.90 Å². The zero-order chi connectivity index (χ0) is 17.4. The van der Waals surface area contributed by atoms with E-state index in [4.69, 9.17) is 14.5 Å². The van der Waals surface area contributed by atoms with Gasteiger partial charge in [-0.1, -0.05) is 34.9 Å². The van der Waals surface area contributed by atoms with E-state index >= 15 is 0 Å². The van der Waals surface area contributed by atoms with Gasteiger partial charge in [-0.15, -0.1) is 0 Å². The molecule has 0 saturated heterocycles. The molecule has 1 atom stereocenters. The fourth-order valence-electron chi connectivity index (χ4n) is 2.28. The topological polar surface area (TPSA) is 83.8 Å². The number of aryl methyl sites for hydroxylation is 1. The number of ether oxygens (including phenoxy) is 1. The van der Waals surface area contributed by atoms with E-state index < -0.39 is 21.3 Å². The van der Waals surface area contributed by atoms with E-state index in [1.54, 1.807) is 0 Å². The molecule has 128 valence electrons. The first-order valence-corrected chi connectivity index (χ1v) is 11.1. The highest BCUT2D eigenvalue weighted by Crippen LogP contribution is 2.45. The molecular formula is C17H21O5P2+. The normalized spacial score (nSPS) is 12.0. The molecule has 0 aliphatic carbocycles. The molecule has 0 radical (unpaired) electrons. The molecule has 2 N–H and O–H groups in total. The van der Waals surface area contributed by atoms with Gasteiger partial charge >= 0.3 is 15.4 Å². The average molecular weight is 367 g/mol. The van der Waals surface area contributed by atoms with Gasteiger partial charge in [0.1, 0.15) is 17.7 Å². The molecule has 0 aliphatic heterocycles. The second-order valence-electron chi connectivity index (χ2n) is 5.53. The van der Waals surface area contributed by atoms with Crippen LogP contribution in [0.4, 0.5) is 0 Å². The first kappa shape index (κ1) is 18.8. The van der Waals surface area contributed by atoms with Crippen LogP contribution >= 0.6 is 15.4 Å². The highest BCUT2D eigenvalue weighted by molar-refractivity contribution is 7.66. The average Bonchev–Trinajstić information content (AvgIpc) is 2.51. The molecule has 0 heterocycles. The lowest BCUT2D eigenvalue weighted by molar-refractivity contribution is 0.378. The summed E-state index contributed by atoms with van der Waals surface area (Å²) in [5.74, 6) is 1.04. The SMILES string of the molecule is O=[P+](CCCCc1cccc(Oc2ccccc2)c1)CP(=O)(O)O. The van der Waals surface area contributed by atoms with Crippen LogP contribution in [0.5, 0.6) is 11.5 Å². The van der Waals surface area contributed by atoms with Crippen molar-refractivity contribution in [2.45, 2.75) is 19.3 Å². The molecule has 0 aliphatic rings. The van der Waals surface area contributed by atoms with Gasteiger partial charge < -0.3 is 14.5 Å². The Bertz CT molecular complexity index is 712. The van der Waals surface area contributed by atoms with Gasteiger partial charge in [0.15, 0.2) is 0 Å². The first-order valence-electron chi connectivity index (χ1n) is 7.71. The van der Waals surface area contributed by atoms with E-state index in [1.807, 2.05) is 54.6 Å². The highest BCUT2D eigenvalue weighted by Gasteiger charge is 2.28. The van der Waals surface area contributed by atoms with Crippen LogP contribution in [0.15, 0.2) is 54.6 Å². The quantitative estimate of drug-likeness (QED) is 0.493. The van der Waals surface area contributed by atoms with E-state index in [-0.39, 0.29) is 0 Å². The minimum atomic E-state index is -4.17. The fourth-order valence-corrected chi connectivity index (χ4v) is 5.07. The van der Waals surface area contributed by atoms with Crippen molar-refractivity contribution in [2.75, 3.05) is 12.1 Å². The van der Waals surface area contributed by atoms with Crippen LogP contribution in [0.3, 0.4) is 0 Å². The van der Waals surface area contributed by atoms with Crippen LogP contribution in [0.2, 0.25) is 0 Å². The number of unbranched alkanes of at least 4 members (excludes halogenated alkanes) is 1. The van der Waals surface area contributed by atoms with Gasteiger partial charge in [0.25, 0.3) is 0 Å². The number of para-hydroxylation sites is 1. The predicted molar refractivity (Wildman–Crippen MR) is 95.3 cm³/mol. The Labute approximate surface area is 142 Å². The van der Waals surface area contributed by atoms with Crippen molar-refractivity contribution >= 4 is 15.4 Å². The van der Waals surface area contributed by atoms with Crippen molar-refractivity contribution in [2.24, 2.45) is 0 Å². The second kappa shape index (κ2) is 9.10. The molecule has 0 aromatic heterocycles. The zero-order valence-corrected chi connectivity index (χ0v) is 15.0. The maximum absolute atomic E-state index is 11.6. The molecule has 1 unspecified atom stereocenters. The summed E-state index contributed by atoms with van der Waals surface area (Å²) >= 11 is 0. The van der Waals surface area contributed by atoms with Crippen LogP contribution in [0, 0.1) is 0 Å². The van der Waals surface area contributed by atoms with Crippen molar-refractivity contribution in [1.82, 2.24) is 0 Å². The van der Waals surface area contributed by atoms with Gasteiger partial charge in [-0.2, -0.15) is 0 Å². The Morgan fingerprint density at radius 3 is 2.38 bits per heavy atom. The maximum atomic E-state index is 11.6. The van der Waals surface area contributed by atoms with E-state index in [2.05, 4.69) is 0 Å². The van der Waals surface area contributed by atoms with Crippen LogP contribution in [0.25, 0.3) is 0 Å². The summed E-state index contributed by atoms with van der Waals surface area (Å²) in [6, 6.07) is 17.4. The summed E-state index contributed by atoms with van der Waals surface area (Å²) in [4.78, 5) is 17.6. The van der Waals surface area contributed by atoms with Crippen molar-refractivity contribution in [3.05, 3.63) is 60.2 Å². The lowest BCUT2D eigenvalue weighted by Crippen LogP contribution is -1.91. The zero-order valence-electron chi connectivity index (χ0n) is 13.2. The Morgan fingerprint density at radius 2 is 1.67 bits per heavy atom. The monoisotopic (exact) mass is 367 g/mol. The molecule has 0 spiro atoms. The molecule has 5 nitrogen and oxygen atoms in total. The third-order valence-corrected chi connectivity index (χ3v) is 6.89. The molecule has 0 amide bonds. The van der Waals surface area contributed by atoms with E-state index in [9.17, 15) is 9.13 Å². The van der Waals surface area contributed by atoms with Crippen molar-refractivity contribution in [3.8, 4) is 11.5 Å². The second-order valence-corrected chi connectivity index (χ2v) is 9.40. The summed E-state index contributed by atoms with van der Waals surface area (Å²) in [6.45, 7) is 0. The van der Waals surface area contributed by atoms with Gasteiger partial charge in [-0.05, 0) is 49.1 Å². The van der Waals surface area contributed by atoms with Crippen molar-refractivity contribution in [3.63, 3.8) is 0 Å². The summed E-state index contributed by atoms with van der Waals surface area (Å²) in [6.07, 6.45) is 2.65. The van der Waals surface area contributed by atoms with Crippen molar-refractivity contribution < 1.29 is 23.7 Å². The predicted octanol–water partition coefficient (Wildman–Crippen LogP) is 4.76. The number of hydrogen-bond donors (Lipinski definition) is 2. The first-order chi connectivity index (χ1) is 11.4. The molecule has 2 aromatic carbocycles. The van der Waals surface area contributed by atoms with Crippen LogP contribution < -0.4 is 4.74 Å². The van der Waals surface area contributed by atoms with Crippen LogP contribution in [0.1, 0.15) is 18.4 Å².